The molecule has 3 atom stereocenters. The molecule has 0 amide bonds. The minimum absolute atomic E-state index is 0.0164. The number of nitrogens with one attached hydrogen (secondary N) is 2. The summed E-state index contributed by atoms with van der Waals surface area (Å²) >= 11 is 1.01. The number of hydrogen-bond donors (Lipinski definition) is 2. The molecule has 46 heavy (non-hydrogen) atoms. The number of thioether (sulfide) groups is 1. The van der Waals surface area contributed by atoms with Crippen molar-refractivity contribution in [3.63, 3.8) is 0 Å². The lowest BCUT2D eigenvalue weighted by atomic mass is 10.1. The van der Waals surface area contributed by atoms with Crippen molar-refractivity contribution in [3.05, 3.63) is 70.7 Å². The van der Waals surface area contributed by atoms with Gasteiger partial charge in [-0.15, -0.1) is 0 Å². The van der Waals surface area contributed by atoms with Gasteiger partial charge >= 0.3 is 0 Å². The van der Waals surface area contributed by atoms with E-state index < -0.39 is 65.7 Å². The Bertz CT molecular complexity index is 1760. The highest BCUT2D eigenvalue weighted by Gasteiger charge is 2.60. The number of sulfone groups is 1. The van der Waals surface area contributed by atoms with Crippen LogP contribution in [0.3, 0.4) is 0 Å². The monoisotopic (exact) mass is 686 g/mol. The quantitative estimate of drug-likeness (QED) is 0.264. The van der Waals surface area contributed by atoms with Crippen LogP contribution < -0.4 is 5.32 Å². The van der Waals surface area contributed by atoms with Crippen LogP contribution in [0.5, 0.6) is 0 Å². The van der Waals surface area contributed by atoms with Gasteiger partial charge in [0.2, 0.25) is 0 Å². The Kier molecular flexibility index (Phi) is 8.92. The third kappa shape index (κ3) is 5.70. The number of halogens is 5. The molecule has 2 aromatic carbocycles. The third-order valence-electron chi connectivity index (χ3n) is 8.42. The highest BCUT2D eigenvalue weighted by Crippen LogP contribution is 2.57. The topological polar surface area (TPSA) is 112 Å². The molecule has 1 aromatic heterocycles. The molecule has 2 N–H and O–H groups in total. The van der Waals surface area contributed by atoms with E-state index in [4.69, 9.17) is 14.5 Å². The first-order valence-electron chi connectivity index (χ1n) is 14.4. The molecule has 2 fully saturated rings. The number of methoxy groups -OCH3 is 1. The van der Waals surface area contributed by atoms with E-state index in [0.29, 0.717) is 38.0 Å². The Morgan fingerprint density at radius 2 is 1.72 bits per heavy atom. The number of hydrogen-bond acceptors (Lipinski definition) is 10. The van der Waals surface area contributed by atoms with Gasteiger partial charge in [0.15, 0.2) is 44.4 Å². The van der Waals surface area contributed by atoms with Crippen molar-refractivity contribution in [1.82, 2.24) is 20.0 Å². The molecular weight excluding hydrogens is 655 g/mol. The Hall–Kier alpha value is -3.09. The van der Waals surface area contributed by atoms with E-state index in [2.05, 4.69) is 20.4 Å². The number of aryl methyl sites for hydroxylation is 1. The number of benzene rings is 2. The maximum absolute atomic E-state index is 15.7. The van der Waals surface area contributed by atoms with E-state index in [-0.39, 0.29) is 30.0 Å². The second-order valence-corrected chi connectivity index (χ2v) is 14.7. The van der Waals surface area contributed by atoms with Crippen LogP contribution in [0, 0.1) is 36.0 Å². The van der Waals surface area contributed by atoms with Crippen LogP contribution in [0.2, 0.25) is 0 Å². The van der Waals surface area contributed by atoms with Gasteiger partial charge in [-0.1, -0.05) is 11.8 Å². The lowest BCUT2D eigenvalue weighted by molar-refractivity contribution is -0.0762. The highest BCUT2D eigenvalue weighted by molar-refractivity contribution is 7.99. The minimum atomic E-state index is -4.67. The number of rotatable bonds is 8. The van der Waals surface area contributed by atoms with Gasteiger partial charge < -0.3 is 14.8 Å². The summed E-state index contributed by atoms with van der Waals surface area (Å²) in [4.78, 5) is 8.38. The molecule has 3 aliphatic rings. The molecular formula is C29H31F5N6O4S2. The first kappa shape index (κ1) is 32.8. The summed E-state index contributed by atoms with van der Waals surface area (Å²) in [6.07, 6.45) is -1.47. The number of amidine groups is 1. The molecule has 3 heterocycles. The first-order chi connectivity index (χ1) is 21.9. The van der Waals surface area contributed by atoms with Crippen molar-refractivity contribution in [2.45, 2.75) is 52.1 Å². The van der Waals surface area contributed by atoms with E-state index in [1.807, 2.05) is 18.9 Å². The molecule has 3 unspecified atom stereocenters. The number of aliphatic imine (C=N–C) groups is 1. The summed E-state index contributed by atoms with van der Waals surface area (Å²) in [6.45, 7) is 4.09. The Morgan fingerprint density at radius 1 is 1.04 bits per heavy atom. The van der Waals surface area contributed by atoms with E-state index >= 15 is 4.39 Å². The van der Waals surface area contributed by atoms with Crippen LogP contribution in [0.1, 0.15) is 24.1 Å². The molecule has 1 saturated carbocycles. The molecule has 0 bridgehead atoms. The zero-order chi connectivity index (χ0) is 33.0. The molecule has 0 spiro atoms. The lowest BCUT2D eigenvalue weighted by Gasteiger charge is -2.47. The fraction of sp³-hybridized carbons (Fsp3) is 0.448. The predicted molar refractivity (Wildman–Crippen MR) is 160 cm³/mol. The normalized spacial score (nSPS) is 23.7. The number of nitrogens with zero attached hydrogens (tertiary/aromatic N) is 4. The number of likely N-dealkylation sites (N-methyl/N-ethyl adjacent to an activating group) is 1. The summed E-state index contributed by atoms with van der Waals surface area (Å²) in [6, 6.07) is 4.91. The number of H-pyrrole nitrogens is 1. The molecule has 10 nitrogen and oxygen atoms in total. The number of aromatic amines is 1. The smallest absolute Gasteiger partial charge is 0.188 e. The molecule has 6 rings (SSSR count). The summed E-state index contributed by atoms with van der Waals surface area (Å²) in [5, 5.41) is 10.3. The number of aromatic nitrogens is 2. The van der Waals surface area contributed by atoms with Crippen molar-refractivity contribution < 1.29 is 39.8 Å². The number of morpholine rings is 1. The van der Waals surface area contributed by atoms with E-state index in [0.717, 1.165) is 29.6 Å². The molecule has 17 heteroatoms. The maximum Gasteiger partial charge on any atom is 0.188 e. The van der Waals surface area contributed by atoms with Crippen molar-refractivity contribution in [1.29, 1.82) is 0 Å². The summed E-state index contributed by atoms with van der Waals surface area (Å²) in [5.41, 5.74) is -1.11. The molecule has 3 aromatic rings. The summed E-state index contributed by atoms with van der Waals surface area (Å²) < 4.78 is 109. The largest absolute Gasteiger partial charge is 0.379 e. The molecule has 1 aliphatic carbocycles. The van der Waals surface area contributed by atoms with Crippen molar-refractivity contribution >= 4 is 33.3 Å². The van der Waals surface area contributed by atoms with E-state index in [1.165, 1.54) is 6.07 Å². The van der Waals surface area contributed by atoms with Gasteiger partial charge in [0.1, 0.15) is 22.5 Å². The van der Waals surface area contributed by atoms with Crippen LogP contribution in [-0.2, 0) is 24.1 Å². The van der Waals surface area contributed by atoms with Gasteiger partial charge in [-0.3, -0.25) is 14.9 Å². The van der Waals surface area contributed by atoms with Gasteiger partial charge in [0, 0.05) is 42.9 Å². The number of anilines is 1. The van der Waals surface area contributed by atoms with Gasteiger partial charge in [-0.05, 0) is 45.0 Å². The summed E-state index contributed by atoms with van der Waals surface area (Å²) in [7, 11) is -1.29. The van der Waals surface area contributed by atoms with Crippen molar-refractivity contribution in [2.75, 3.05) is 45.8 Å². The average molecular weight is 687 g/mol. The highest BCUT2D eigenvalue weighted by atomic mass is 32.2. The van der Waals surface area contributed by atoms with E-state index in [1.54, 1.807) is 13.2 Å². The molecule has 0 radical (unpaired) electrons. The van der Waals surface area contributed by atoms with Crippen LogP contribution in [0.4, 0.5) is 27.8 Å². The fourth-order valence-corrected chi connectivity index (χ4v) is 8.99. The fourth-order valence-electron chi connectivity index (χ4n) is 5.94. The van der Waals surface area contributed by atoms with Crippen molar-refractivity contribution in [3.8, 4) is 0 Å². The molecule has 248 valence electrons. The minimum Gasteiger partial charge on any atom is -0.379 e. The first-order valence-corrected chi connectivity index (χ1v) is 16.7. The Balaban J connectivity index is 1.32. The Labute approximate surface area is 266 Å². The predicted octanol–water partition coefficient (Wildman–Crippen LogP) is 4.38. The number of ether oxygens (including phenoxy) is 2. The molecule has 2 aliphatic heterocycles. The van der Waals surface area contributed by atoms with Crippen LogP contribution >= 0.6 is 11.8 Å². The molecule has 1 saturated heterocycles. The second kappa shape index (κ2) is 12.5. The lowest BCUT2D eigenvalue weighted by Crippen LogP contribution is -2.64. The van der Waals surface area contributed by atoms with Gasteiger partial charge in [-0.25, -0.2) is 35.4 Å². The van der Waals surface area contributed by atoms with Gasteiger partial charge in [0.25, 0.3) is 0 Å². The average Bonchev–Trinajstić information content (AvgIpc) is 3.74. The third-order valence-corrected chi connectivity index (χ3v) is 12.2. The van der Waals surface area contributed by atoms with Crippen LogP contribution in [-0.4, -0.2) is 92.5 Å². The maximum atomic E-state index is 15.7. The Morgan fingerprint density at radius 3 is 2.28 bits per heavy atom. The summed E-state index contributed by atoms with van der Waals surface area (Å²) in [5.74, 6) is -6.98. The van der Waals surface area contributed by atoms with Gasteiger partial charge in [0.05, 0.1) is 29.8 Å². The van der Waals surface area contributed by atoms with Crippen molar-refractivity contribution in [2.24, 2.45) is 4.99 Å². The van der Waals surface area contributed by atoms with Crippen LogP contribution in [0.25, 0.3) is 0 Å². The standard InChI is InChI=1S/C29H31F5N6O4S2/c1-15-12-21(38-37-15)35-26-25(43-3)27(40-8-10-44-11-9-40)39(2)28(36-26)45-20-5-4-16(13-17(20)30)46(41,42)29(6-7-29)22-23(33)18(31)14-19(32)24(22)34/h4-5,12-14,25,27-28H,6-11H2,1-3H3,(H2,35,36,37,38). The second-order valence-electron chi connectivity index (χ2n) is 11.3. The zero-order valence-electron chi connectivity index (χ0n) is 25.0. The SMILES string of the molecule is COC1C(Nc2cc(C)[nH]n2)=NC(Sc2ccc(S(=O)(=O)C3(c4c(F)c(F)cc(F)c4F)CC3)cc2F)N(C)C1N1CCOCC1. The van der Waals surface area contributed by atoms with Gasteiger partial charge in [-0.2, -0.15) is 5.10 Å². The van der Waals surface area contributed by atoms with Crippen LogP contribution in [0.15, 0.2) is 45.1 Å². The zero-order valence-corrected chi connectivity index (χ0v) is 26.6. The van der Waals surface area contributed by atoms with E-state index in [9.17, 15) is 26.0 Å².